The molecule has 0 amide bonds. The molecule has 1 aromatic heterocycles. The first-order valence-corrected chi connectivity index (χ1v) is 8.94. The van der Waals surface area contributed by atoms with E-state index in [0.717, 1.165) is 30.0 Å². The molecule has 2 nitrogen and oxygen atoms in total. The first-order valence-electron chi connectivity index (χ1n) is 8.19. The van der Waals surface area contributed by atoms with E-state index in [1.165, 1.54) is 6.07 Å². The highest BCUT2D eigenvalue weighted by Crippen LogP contribution is 2.42. The number of hydrogen-bond donors (Lipinski definition) is 2. The van der Waals surface area contributed by atoms with E-state index in [9.17, 15) is 13.2 Å². The number of alkyl halides is 3. The maximum Gasteiger partial charge on any atom is 0.418 e. The molecule has 0 aliphatic heterocycles. The third kappa shape index (κ3) is 3.70. The van der Waals surface area contributed by atoms with Crippen LogP contribution in [0, 0.1) is 0 Å². The number of unbranched alkanes of at least 4 members (excludes halogenated alkanes) is 1. The van der Waals surface area contributed by atoms with Crippen molar-refractivity contribution in [2.75, 3.05) is 6.54 Å². The number of H-pyrrole nitrogens is 1. The summed E-state index contributed by atoms with van der Waals surface area (Å²) in [6, 6.07) is 9.28. The minimum absolute atomic E-state index is 0.0118. The van der Waals surface area contributed by atoms with Gasteiger partial charge in [-0.2, -0.15) is 13.2 Å². The highest BCUT2D eigenvalue weighted by Gasteiger charge is 2.34. The normalized spacial score (nSPS) is 12.1. The van der Waals surface area contributed by atoms with Gasteiger partial charge in [0.2, 0.25) is 0 Å². The molecular weight excluding hydrogens is 384 g/mol. The van der Waals surface area contributed by atoms with Crippen molar-refractivity contribution in [2.45, 2.75) is 25.4 Å². The monoisotopic (exact) mass is 400 g/mol. The molecule has 0 spiro atoms. The fourth-order valence-corrected chi connectivity index (χ4v) is 3.52. The van der Waals surface area contributed by atoms with E-state index in [1.54, 1.807) is 24.3 Å². The summed E-state index contributed by atoms with van der Waals surface area (Å²) in [7, 11) is 0. The van der Waals surface area contributed by atoms with Gasteiger partial charge < -0.3 is 10.7 Å². The average molecular weight is 401 g/mol. The van der Waals surface area contributed by atoms with Crippen LogP contribution in [-0.4, -0.2) is 11.5 Å². The highest BCUT2D eigenvalue weighted by atomic mass is 35.5. The molecule has 0 atom stereocenters. The number of rotatable bonds is 5. The molecule has 0 bridgehead atoms. The summed E-state index contributed by atoms with van der Waals surface area (Å²) in [6.45, 7) is 0.528. The second-order valence-corrected chi connectivity index (χ2v) is 6.92. The Morgan fingerprint density at radius 2 is 1.65 bits per heavy atom. The zero-order chi connectivity index (χ0) is 18.9. The summed E-state index contributed by atoms with van der Waals surface area (Å²) in [6.07, 6.45) is -2.35. The number of halogens is 5. The standard InChI is InChI=1S/C19H17Cl2F3N2/c20-12-6-4-11(5-7-12)17-13(3-1-2-10-25)16-15(21)9-8-14(18(16)26-17)19(22,23)24/h4-9,26H,1-3,10,25H2. The zero-order valence-corrected chi connectivity index (χ0v) is 15.3. The van der Waals surface area contributed by atoms with Crippen molar-refractivity contribution >= 4 is 34.1 Å². The molecule has 26 heavy (non-hydrogen) atoms. The Morgan fingerprint density at radius 3 is 2.27 bits per heavy atom. The first kappa shape index (κ1) is 19.1. The van der Waals surface area contributed by atoms with Crippen LogP contribution >= 0.6 is 23.2 Å². The molecular formula is C19H17Cl2F3N2. The van der Waals surface area contributed by atoms with Gasteiger partial charge in [-0.1, -0.05) is 35.3 Å². The predicted molar refractivity (Wildman–Crippen MR) is 101 cm³/mol. The van der Waals surface area contributed by atoms with Crippen LogP contribution in [0.4, 0.5) is 13.2 Å². The minimum atomic E-state index is -4.47. The molecule has 0 unspecified atom stereocenters. The van der Waals surface area contributed by atoms with E-state index in [-0.39, 0.29) is 5.52 Å². The number of nitrogens with one attached hydrogen (secondary N) is 1. The van der Waals surface area contributed by atoms with E-state index in [2.05, 4.69) is 4.98 Å². The first-order chi connectivity index (χ1) is 12.3. The number of aromatic amines is 1. The molecule has 3 N–H and O–H groups in total. The third-order valence-corrected chi connectivity index (χ3v) is 4.89. The molecule has 0 radical (unpaired) electrons. The van der Waals surface area contributed by atoms with Crippen molar-refractivity contribution in [3.8, 4) is 11.3 Å². The summed E-state index contributed by atoms with van der Waals surface area (Å²) in [5.41, 5.74) is 7.01. The van der Waals surface area contributed by atoms with Crippen LogP contribution in [-0.2, 0) is 12.6 Å². The summed E-state index contributed by atoms with van der Waals surface area (Å²) in [5, 5.41) is 1.28. The molecule has 0 aliphatic carbocycles. The van der Waals surface area contributed by atoms with Crippen LogP contribution in [0.25, 0.3) is 22.2 Å². The van der Waals surface area contributed by atoms with E-state index < -0.39 is 11.7 Å². The van der Waals surface area contributed by atoms with Crippen LogP contribution in [0.3, 0.4) is 0 Å². The lowest BCUT2D eigenvalue weighted by Crippen LogP contribution is -2.05. The second-order valence-electron chi connectivity index (χ2n) is 6.07. The van der Waals surface area contributed by atoms with Crippen molar-refractivity contribution in [1.29, 1.82) is 0 Å². The van der Waals surface area contributed by atoms with Crippen molar-refractivity contribution in [2.24, 2.45) is 5.73 Å². The molecule has 3 aromatic rings. The van der Waals surface area contributed by atoms with Gasteiger partial charge >= 0.3 is 6.18 Å². The molecule has 7 heteroatoms. The van der Waals surface area contributed by atoms with Crippen molar-refractivity contribution in [3.63, 3.8) is 0 Å². The van der Waals surface area contributed by atoms with Gasteiger partial charge in [0.15, 0.2) is 0 Å². The Balaban J connectivity index is 2.26. The van der Waals surface area contributed by atoms with E-state index >= 15 is 0 Å². The summed E-state index contributed by atoms with van der Waals surface area (Å²) >= 11 is 12.2. The molecule has 1 heterocycles. The van der Waals surface area contributed by atoms with E-state index in [1.807, 2.05) is 0 Å². The van der Waals surface area contributed by atoms with Crippen LogP contribution in [0.2, 0.25) is 10.0 Å². The molecule has 0 fully saturated rings. The number of nitrogens with two attached hydrogens (primary N) is 1. The van der Waals surface area contributed by atoms with E-state index in [0.29, 0.717) is 34.1 Å². The van der Waals surface area contributed by atoms with Crippen molar-refractivity contribution in [1.82, 2.24) is 4.98 Å². The zero-order valence-electron chi connectivity index (χ0n) is 13.8. The van der Waals surface area contributed by atoms with Gasteiger partial charge in [-0.05, 0) is 61.2 Å². The molecule has 3 rings (SSSR count). The topological polar surface area (TPSA) is 41.8 Å². The van der Waals surface area contributed by atoms with Crippen LogP contribution < -0.4 is 5.73 Å². The Morgan fingerprint density at radius 1 is 0.962 bits per heavy atom. The van der Waals surface area contributed by atoms with Gasteiger partial charge in [0.25, 0.3) is 0 Å². The number of aromatic nitrogens is 1. The SMILES string of the molecule is NCCCCc1c(-c2ccc(Cl)cc2)[nH]c2c(C(F)(F)F)ccc(Cl)c12. The van der Waals surface area contributed by atoms with Gasteiger partial charge in [0.05, 0.1) is 16.1 Å². The lowest BCUT2D eigenvalue weighted by molar-refractivity contribution is -0.136. The van der Waals surface area contributed by atoms with Gasteiger partial charge in [-0.15, -0.1) is 0 Å². The van der Waals surface area contributed by atoms with Crippen LogP contribution in [0.1, 0.15) is 24.0 Å². The lowest BCUT2D eigenvalue weighted by atomic mass is 9.99. The number of aryl methyl sites for hydroxylation is 1. The Bertz CT molecular complexity index is 915. The number of fused-ring (bicyclic) bond motifs is 1. The highest BCUT2D eigenvalue weighted by molar-refractivity contribution is 6.36. The molecule has 0 saturated heterocycles. The Labute approximate surface area is 159 Å². The lowest BCUT2D eigenvalue weighted by Gasteiger charge is -2.09. The van der Waals surface area contributed by atoms with Crippen LogP contribution in [0.15, 0.2) is 36.4 Å². The predicted octanol–water partition coefficient (Wildman–Crippen LogP) is 6.44. The summed E-state index contributed by atoms with van der Waals surface area (Å²) in [4.78, 5) is 2.96. The maximum atomic E-state index is 13.5. The van der Waals surface area contributed by atoms with Crippen LogP contribution in [0.5, 0.6) is 0 Å². The Kier molecular flexibility index (Phi) is 5.51. The Hall–Kier alpha value is -1.69. The average Bonchev–Trinajstić information content (AvgIpc) is 2.95. The number of hydrogen-bond acceptors (Lipinski definition) is 1. The minimum Gasteiger partial charge on any atom is -0.354 e. The summed E-state index contributed by atoms with van der Waals surface area (Å²) in [5.74, 6) is 0. The number of benzene rings is 2. The third-order valence-electron chi connectivity index (χ3n) is 4.33. The molecule has 0 saturated carbocycles. The fourth-order valence-electron chi connectivity index (χ4n) is 3.12. The van der Waals surface area contributed by atoms with Gasteiger partial charge in [-0.25, -0.2) is 0 Å². The fraction of sp³-hybridized carbons (Fsp3) is 0.263. The van der Waals surface area contributed by atoms with Gasteiger partial charge in [0, 0.05) is 16.1 Å². The second kappa shape index (κ2) is 7.51. The van der Waals surface area contributed by atoms with Gasteiger partial charge in [-0.3, -0.25) is 0 Å². The molecule has 138 valence electrons. The largest absolute Gasteiger partial charge is 0.418 e. The van der Waals surface area contributed by atoms with Crippen molar-refractivity contribution in [3.05, 3.63) is 57.6 Å². The van der Waals surface area contributed by atoms with Gasteiger partial charge in [0.1, 0.15) is 0 Å². The molecule has 2 aromatic carbocycles. The molecule has 0 aliphatic rings. The smallest absolute Gasteiger partial charge is 0.354 e. The quantitative estimate of drug-likeness (QED) is 0.475. The van der Waals surface area contributed by atoms with E-state index in [4.69, 9.17) is 28.9 Å². The van der Waals surface area contributed by atoms with Crippen molar-refractivity contribution < 1.29 is 13.2 Å². The maximum absolute atomic E-state index is 13.5. The summed E-state index contributed by atoms with van der Waals surface area (Å²) < 4.78 is 40.4.